The van der Waals surface area contributed by atoms with Crippen LogP contribution in [-0.2, 0) is 12.8 Å². The van der Waals surface area contributed by atoms with Crippen molar-refractivity contribution in [2.75, 3.05) is 6.26 Å². The normalized spacial score (nSPS) is 10.4. The topological polar surface area (TPSA) is 17.1 Å². The summed E-state index contributed by atoms with van der Waals surface area (Å²) in [6, 6.07) is 16.7. The Morgan fingerprint density at radius 1 is 1.00 bits per heavy atom. The first-order valence-electron chi connectivity index (χ1n) is 6.49. The number of aryl methyl sites for hydroxylation is 2. The summed E-state index contributed by atoms with van der Waals surface area (Å²) < 4.78 is 0. The number of carbonyl (C=O) groups excluding carboxylic acids is 1. The quantitative estimate of drug-likeness (QED) is 0.572. The second-order valence-electron chi connectivity index (χ2n) is 4.53. The first kappa shape index (κ1) is 13.9. The van der Waals surface area contributed by atoms with Crippen molar-refractivity contribution in [3.8, 4) is 0 Å². The van der Waals surface area contributed by atoms with Crippen molar-refractivity contribution in [1.82, 2.24) is 0 Å². The molecule has 0 aliphatic carbocycles. The zero-order chi connectivity index (χ0) is 13.5. The molecule has 0 N–H and O–H groups in total. The molecule has 98 valence electrons. The van der Waals surface area contributed by atoms with Crippen LogP contribution in [0.15, 0.2) is 53.4 Å². The van der Waals surface area contributed by atoms with E-state index in [2.05, 4.69) is 30.3 Å². The van der Waals surface area contributed by atoms with E-state index in [0.29, 0.717) is 0 Å². The first-order valence-corrected chi connectivity index (χ1v) is 7.72. The first-order chi connectivity index (χ1) is 9.33. The van der Waals surface area contributed by atoms with E-state index in [1.165, 1.54) is 11.1 Å². The molecule has 2 heteroatoms. The molecule has 0 unspecified atom stereocenters. The second kappa shape index (κ2) is 7.15. The molecule has 2 aromatic carbocycles. The van der Waals surface area contributed by atoms with Crippen molar-refractivity contribution in [2.24, 2.45) is 0 Å². The average Bonchev–Trinajstić information content (AvgIpc) is 2.48. The summed E-state index contributed by atoms with van der Waals surface area (Å²) in [7, 11) is 0. The van der Waals surface area contributed by atoms with Crippen molar-refractivity contribution in [2.45, 2.75) is 24.2 Å². The number of hydrogen-bond acceptors (Lipinski definition) is 2. The van der Waals surface area contributed by atoms with Gasteiger partial charge in [0.05, 0.1) is 0 Å². The van der Waals surface area contributed by atoms with E-state index in [1.807, 2.05) is 24.5 Å². The van der Waals surface area contributed by atoms with Gasteiger partial charge in [0.2, 0.25) is 0 Å². The molecule has 0 aliphatic heterocycles. The molecule has 2 rings (SSSR count). The molecule has 0 spiro atoms. The van der Waals surface area contributed by atoms with Gasteiger partial charge in [-0.2, -0.15) is 0 Å². The highest BCUT2D eigenvalue weighted by molar-refractivity contribution is 7.98. The summed E-state index contributed by atoms with van der Waals surface area (Å²) in [6.07, 6.45) is 6.16. The Labute approximate surface area is 119 Å². The monoisotopic (exact) mass is 270 g/mol. The molecule has 19 heavy (non-hydrogen) atoms. The molecular weight excluding hydrogens is 252 g/mol. The Morgan fingerprint density at radius 3 is 2.42 bits per heavy atom. The van der Waals surface area contributed by atoms with Crippen molar-refractivity contribution < 1.29 is 4.79 Å². The molecule has 0 heterocycles. The molecule has 0 radical (unpaired) electrons. The summed E-state index contributed by atoms with van der Waals surface area (Å²) in [4.78, 5) is 12.1. The SMILES string of the molecule is CSc1ccc(CCCc2ccccc2)cc1C=O. The zero-order valence-corrected chi connectivity index (χ0v) is 12.0. The van der Waals surface area contributed by atoms with E-state index in [1.54, 1.807) is 11.8 Å². The van der Waals surface area contributed by atoms with Gasteiger partial charge in [0, 0.05) is 10.5 Å². The average molecular weight is 270 g/mol. The lowest BCUT2D eigenvalue weighted by Crippen LogP contribution is -1.93. The Bertz CT molecular complexity index is 534. The molecule has 0 amide bonds. The Hall–Kier alpha value is -1.54. The van der Waals surface area contributed by atoms with Crippen LogP contribution in [-0.4, -0.2) is 12.5 Å². The maximum absolute atomic E-state index is 11.0. The molecule has 2 aromatic rings. The fourth-order valence-corrected chi connectivity index (χ4v) is 2.72. The largest absolute Gasteiger partial charge is 0.298 e. The minimum Gasteiger partial charge on any atom is -0.298 e. The smallest absolute Gasteiger partial charge is 0.151 e. The Morgan fingerprint density at radius 2 is 1.74 bits per heavy atom. The summed E-state index contributed by atoms with van der Waals surface area (Å²) in [5.74, 6) is 0. The lowest BCUT2D eigenvalue weighted by atomic mass is 10.0. The predicted molar refractivity (Wildman–Crippen MR) is 82.1 cm³/mol. The standard InChI is InChI=1S/C17H18OS/c1-19-17-11-10-15(12-16(17)13-18)9-5-8-14-6-3-2-4-7-14/h2-4,6-7,10-13H,5,8-9H2,1H3. The highest BCUT2D eigenvalue weighted by atomic mass is 32.2. The molecule has 0 fully saturated rings. The van der Waals surface area contributed by atoms with E-state index in [-0.39, 0.29) is 0 Å². The van der Waals surface area contributed by atoms with Gasteiger partial charge in [-0.05, 0) is 48.8 Å². The van der Waals surface area contributed by atoms with Crippen LogP contribution in [0.4, 0.5) is 0 Å². The number of aldehydes is 1. The van der Waals surface area contributed by atoms with Crippen LogP contribution in [0.1, 0.15) is 27.9 Å². The summed E-state index contributed by atoms with van der Waals surface area (Å²) >= 11 is 1.62. The predicted octanol–water partition coefficient (Wildman–Crippen LogP) is 4.40. The number of carbonyl (C=O) groups is 1. The summed E-state index contributed by atoms with van der Waals surface area (Å²) in [5, 5.41) is 0. The van der Waals surface area contributed by atoms with Crippen LogP contribution in [0.5, 0.6) is 0 Å². The number of rotatable bonds is 6. The van der Waals surface area contributed by atoms with Crippen LogP contribution >= 0.6 is 11.8 Å². The fourth-order valence-electron chi connectivity index (χ4n) is 2.17. The lowest BCUT2D eigenvalue weighted by molar-refractivity contribution is 0.112. The van der Waals surface area contributed by atoms with Crippen molar-refractivity contribution >= 4 is 18.0 Å². The van der Waals surface area contributed by atoms with Crippen LogP contribution < -0.4 is 0 Å². The van der Waals surface area contributed by atoms with Gasteiger partial charge in [-0.1, -0.05) is 36.4 Å². The van der Waals surface area contributed by atoms with E-state index in [9.17, 15) is 4.79 Å². The second-order valence-corrected chi connectivity index (χ2v) is 5.38. The van der Waals surface area contributed by atoms with Crippen molar-refractivity contribution in [1.29, 1.82) is 0 Å². The van der Waals surface area contributed by atoms with Gasteiger partial charge in [0.25, 0.3) is 0 Å². The van der Waals surface area contributed by atoms with Crippen LogP contribution in [0.2, 0.25) is 0 Å². The number of benzene rings is 2. The van der Waals surface area contributed by atoms with E-state index in [0.717, 1.165) is 36.0 Å². The highest BCUT2D eigenvalue weighted by Crippen LogP contribution is 2.21. The lowest BCUT2D eigenvalue weighted by Gasteiger charge is -2.06. The van der Waals surface area contributed by atoms with Crippen molar-refractivity contribution in [3.63, 3.8) is 0 Å². The molecule has 0 aromatic heterocycles. The Kier molecular flexibility index (Phi) is 5.22. The molecule has 0 atom stereocenters. The van der Waals surface area contributed by atoms with Gasteiger partial charge < -0.3 is 0 Å². The third-order valence-corrected chi connectivity index (χ3v) is 4.01. The van der Waals surface area contributed by atoms with E-state index < -0.39 is 0 Å². The van der Waals surface area contributed by atoms with Gasteiger partial charge in [-0.25, -0.2) is 0 Å². The van der Waals surface area contributed by atoms with Gasteiger partial charge in [0.1, 0.15) is 0 Å². The fraction of sp³-hybridized carbons (Fsp3) is 0.235. The maximum Gasteiger partial charge on any atom is 0.151 e. The van der Waals surface area contributed by atoms with Gasteiger partial charge in [-0.15, -0.1) is 11.8 Å². The third-order valence-electron chi connectivity index (χ3n) is 3.19. The molecular formula is C17H18OS. The summed E-state index contributed by atoms with van der Waals surface area (Å²) in [6.45, 7) is 0. The van der Waals surface area contributed by atoms with Crippen LogP contribution in [0.25, 0.3) is 0 Å². The summed E-state index contributed by atoms with van der Waals surface area (Å²) in [5.41, 5.74) is 3.43. The molecule has 0 aliphatic rings. The van der Waals surface area contributed by atoms with Gasteiger partial charge in [-0.3, -0.25) is 4.79 Å². The third kappa shape index (κ3) is 3.97. The van der Waals surface area contributed by atoms with E-state index in [4.69, 9.17) is 0 Å². The maximum atomic E-state index is 11.0. The van der Waals surface area contributed by atoms with E-state index >= 15 is 0 Å². The number of thioether (sulfide) groups is 1. The Balaban J connectivity index is 1.94. The minimum absolute atomic E-state index is 0.810. The molecule has 1 nitrogen and oxygen atoms in total. The van der Waals surface area contributed by atoms with Crippen LogP contribution in [0, 0.1) is 0 Å². The van der Waals surface area contributed by atoms with Crippen LogP contribution in [0.3, 0.4) is 0 Å². The highest BCUT2D eigenvalue weighted by Gasteiger charge is 2.02. The van der Waals surface area contributed by atoms with Gasteiger partial charge in [0.15, 0.2) is 6.29 Å². The van der Waals surface area contributed by atoms with Crippen molar-refractivity contribution in [3.05, 3.63) is 65.2 Å². The molecule has 0 saturated heterocycles. The molecule has 0 bridgehead atoms. The van der Waals surface area contributed by atoms with Gasteiger partial charge >= 0.3 is 0 Å². The zero-order valence-electron chi connectivity index (χ0n) is 11.1. The molecule has 0 saturated carbocycles. The number of hydrogen-bond donors (Lipinski definition) is 0. The minimum atomic E-state index is 0.810.